The number of carbonyl (C=O) groups is 2. The van der Waals surface area contributed by atoms with Gasteiger partial charge in [0.25, 0.3) is 0 Å². The topological polar surface area (TPSA) is 63.6 Å². The maximum Gasteiger partial charge on any atom is 0.347 e. The van der Waals surface area contributed by atoms with Crippen LogP contribution in [0.5, 0.6) is 0 Å². The van der Waals surface area contributed by atoms with Gasteiger partial charge in [0, 0.05) is 21.2 Å². The summed E-state index contributed by atoms with van der Waals surface area (Å²) in [4.78, 5) is 24.6. The first-order valence-electron chi connectivity index (χ1n) is 8.88. The van der Waals surface area contributed by atoms with Crippen molar-refractivity contribution in [3.8, 4) is 0 Å². The second-order valence-electron chi connectivity index (χ2n) is 6.42. The molecule has 1 unspecified atom stereocenters. The first-order valence-corrected chi connectivity index (χ1v) is 9.64. The van der Waals surface area contributed by atoms with Gasteiger partial charge in [-0.3, -0.25) is 0 Å². The molecule has 0 saturated heterocycles. The van der Waals surface area contributed by atoms with E-state index in [2.05, 4.69) is 0 Å². The zero-order valence-electron chi connectivity index (χ0n) is 15.3. The van der Waals surface area contributed by atoms with Crippen LogP contribution in [0.2, 0.25) is 10.0 Å². The molecule has 4 nitrogen and oxygen atoms in total. The number of carbonyl (C=O) groups excluding carboxylic acids is 2. The van der Waals surface area contributed by atoms with Gasteiger partial charge in [0.2, 0.25) is 5.60 Å². The van der Waals surface area contributed by atoms with Crippen molar-refractivity contribution in [2.24, 2.45) is 0 Å². The van der Waals surface area contributed by atoms with Crippen LogP contribution in [-0.4, -0.2) is 24.0 Å². The van der Waals surface area contributed by atoms with Crippen molar-refractivity contribution >= 4 is 35.5 Å². The number of rotatable bonds is 7. The fraction of sp³-hybridized carbons (Fsp3) is 0.130. The first kappa shape index (κ1) is 21.1. The summed E-state index contributed by atoms with van der Waals surface area (Å²) in [5.41, 5.74) is -1.25. The van der Waals surface area contributed by atoms with Crippen LogP contribution in [0.4, 0.5) is 0 Å². The third kappa shape index (κ3) is 4.35. The predicted octanol–water partition coefficient (Wildman–Crippen LogP) is 4.76. The highest BCUT2D eigenvalue weighted by molar-refractivity contribution is 6.33. The Morgan fingerprint density at radius 1 is 0.897 bits per heavy atom. The van der Waals surface area contributed by atoms with Gasteiger partial charge >= 0.3 is 5.97 Å². The SMILES string of the molecule is O=CC(COC(=O)C(O)(c1ccccc1Cl)c1ccccc1Cl)c1ccccc1. The maximum atomic E-state index is 13.1. The Labute approximate surface area is 178 Å². The van der Waals surface area contributed by atoms with E-state index in [9.17, 15) is 14.7 Å². The van der Waals surface area contributed by atoms with E-state index >= 15 is 0 Å². The van der Waals surface area contributed by atoms with E-state index in [1.54, 1.807) is 60.7 Å². The summed E-state index contributed by atoms with van der Waals surface area (Å²) in [5.74, 6) is -1.64. The fourth-order valence-corrected chi connectivity index (χ4v) is 3.60. The monoisotopic (exact) mass is 428 g/mol. The summed E-state index contributed by atoms with van der Waals surface area (Å²) in [6.07, 6.45) is 0.701. The smallest absolute Gasteiger partial charge is 0.347 e. The van der Waals surface area contributed by atoms with E-state index in [0.29, 0.717) is 11.8 Å². The number of halogens is 2. The van der Waals surface area contributed by atoms with Gasteiger partial charge in [-0.25, -0.2) is 4.79 Å². The second kappa shape index (κ2) is 9.23. The molecule has 0 aliphatic rings. The quantitative estimate of drug-likeness (QED) is 0.435. The second-order valence-corrected chi connectivity index (χ2v) is 7.24. The molecule has 29 heavy (non-hydrogen) atoms. The molecular formula is C23H18Cl2O4. The third-order valence-corrected chi connectivity index (χ3v) is 5.27. The zero-order chi connectivity index (χ0) is 20.9. The molecule has 0 bridgehead atoms. The Balaban J connectivity index is 1.97. The van der Waals surface area contributed by atoms with Crippen LogP contribution in [-0.2, 0) is 19.9 Å². The molecule has 0 aliphatic heterocycles. The summed E-state index contributed by atoms with van der Waals surface area (Å²) in [6, 6.07) is 21.8. The number of benzene rings is 3. The molecule has 0 spiro atoms. The van der Waals surface area contributed by atoms with Gasteiger partial charge in [-0.1, -0.05) is 89.9 Å². The Bertz CT molecular complexity index is 959. The van der Waals surface area contributed by atoms with Crippen LogP contribution in [0.25, 0.3) is 0 Å². The Kier molecular flexibility index (Phi) is 6.70. The third-order valence-electron chi connectivity index (χ3n) is 4.61. The average molecular weight is 429 g/mol. The van der Waals surface area contributed by atoms with E-state index in [1.165, 1.54) is 12.1 Å². The van der Waals surface area contributed by atoms with Crippen molar-refractivity contribution in [1.82, 2.24) is 0 Å². The molecule has 0 fully saturated rings. The van der Waals surface area contributed by atoms with Gasteiger partial charge in [-0.15, -0.1) is 0 Å². The summed E-state index contributed by atoms with van der Waals surface area (Å²) in [5, 5.41) is 11.9. The van der Waals surface area contributed by atoms with Crippen LogP contribution in [0, 0.1) is 0 Å². The van der Waals surface area contributed by atoms with E-state index in [-0.39, 0.29) is 27.8 Å². The number of aliphatic hydroxyl groups is 1. The highest BCUT2D eigenvalue weighted by Gasteiger charge is 2.44. The molecule has 148 valence electrons. The highest BCUT2D eigenvalue weighted by atomic mass is 35.5. The van der Waals surface area contributed by atoms with Gasteiger partial charge < -0.3 is 14.6 Å². The Morgan fingerprint density at radius 2 is 1.38 bits per heavy atom. The molecule has 1 atom stereocenters. The van der Waals surface area contributed by atoms with Crippen molar-refractivity contribution < 1.29 is 19.4 Å². The number of hydrogen-bond donors (Lipinski definition) is 1. The molecule has 0 heterocycles. The van der Waals surface area contributed by atoms with E-state index < -0.39 is 17.5 Å². The predicted molar refractivity (Wildman–Crippen MR) is 112 cm³/mol. The molecule has 3 aromatic carbocycles. The molecule has 6 heteroatoms. The minimum atomic E-state index is -2.24. The molecule has 3 rings (SSSR count). The summed E-state index contributed by atoms with van der Waals surface area (Å²) in [6.45, 7) is -0.233. The molecule has 3 aromatic rings. The number of ether oxygens (including phenoxy) is 1. The molecule has 0 saturated carbocycles. The average Bonchev–Trinajstić information content (AvgIpc) is 2.75. The lowest BCUT2D eigenvalue weighted by Gasteiger charge is -2.29. The van der Waals surface area contributed by atoms with Crippen molar-refractivity contribution in [3.05, 3.63) is 106 Å². The Morgan fingerprint density at radius 3 is 1.86 bits per heavy atom. The standard InChI is InChI=1S/C23H18Cl2O4/c24-20-12-6-4-10-18(20)23(28,19-11-5-7-13-21(19)25)22(27)29-15-17(14-26)16-8-2-1-3-9-16/h1-14,17,28H,15H2. The number of esters is 1. The first-order chi connectivity index (χ1) is 14.0. The summed E-state index contributed by atoms with van der Waals surface area (Å²) < 4.78 is 5.40. The van der Waals surface area contributed by atoms with E-state index in [0.717, 1.165) is 0 Å². The van der Waals surface area contributed by atoms with Gasteiger partial charge in [-0.05, 0) is 17.7 Å². The Hall–Kier alpha value is -2.66. The van der Waals surface area contributed by atoms with Crippen LogP contribution < -0.4 is 0 Å². The summed E-state index contributed by atoms with van der Waals surface area (Å²) >= 11 is 12.5. The van der Waals surface area contributed by atoms with Gasteiger partial charge in [0.1, 0.15) is 12.9 Å². The normalized spacial score (nSPS) is 12.2. The van der Waals surface area contributed by atoms with Gasteiger partial charge in [0.05, 0.1) is 5.92 Å². The van der Waals surface area contributed by atoms with Crippen LogP contribution >= 0.6 is 23.2 Å². The maximum absolute atomic E-state index is 13.1. The van der Waals surface area contributed by atoms with Gasteiger partial charge in [0.15, 0.2) is 0 Å². The minimum Gasteiger partial charge on any atom is -0.462 e. The lowest BCUT2D eigenvalue weighted by atomic mass is 9.86. The summed E-state index contributed by atoms with van der Waals surface area (Å²) in [7, 11) is 0. The van der Waals surface area contributed by atoms with Crippen molar-refractivity contribution in [1.29, 1.82) is 0 Å². The van der Waals surface area contributed by atoms with Gasteiger partial charge in [-0.2, -0.15) is 0 Å². The molecular weight excluding hydrogens is 411 g/mol. The molecule has 0 aliphatic carbocycles. The molecule has 0 radical (unpaired) electrons. The largest absolute Gasteiger partial charge is 0.462 e. The van der Waals surface area contributed by atoms with Crippen molar-refractivity contribution in [3.63, 3.8) is 0 Å². The van der Waals surface area contributed by atoms with E-state index in [4.69, 9.17) is 27.9 Å². The lowest BCUT2D eigenvalue weighted by Crippen LogP contribution is -2.40. The zero-order valence-corrected chi connectivity index (χ0v) is 16.8. The highest BCUT2D eigenvalue weighted by Crippen LogP contribution is 2.39. The van der Waals surface area contributed by atoms with Crippen LogP contribution in [0.15, 0.2) is 78.9 Å². The fourth-order valence-electron chi connectivity index (χ4n) is 3.06. The number of aldehydes is 1. The lowest BCUT2D eigenvalue weighted by molar-refractivity contribution is -0.162. The minimum absolute atomic E-state index is 0.141. The van der Waals surface area contributed by atoms with E-state index in [1.807, 2.05) is 6.07 Å². The van der Waals surface area contributed by atoms with Crippen LogP contribution in [0.3, 0.4) is 0 Å². The van der Waals surface area contributed by atoms with Crippen molar-refractivity contribution in [2.75, 3.05) is 6.61 Å². The number of hydrogen-bond acceptors (Lipinski definition) is 4. The molecule has 0 amide bonds. The molecule has 1 N–H and O–H groups in total. The van der Waals surface area contributed by atoms with Crippen molar-refractivity contribution in [2.45, 2.75) is 11.5 Å². The van der Waals surface area contributed by atoms with Crippen LogP contribution in [0.1, 0.15) is 22.6 Å². The molecule has 0 aromatic heterocycles.